The van der Waals surface area contributed by atoms with Gasteiger partial charge in [0.15, 0.2) is 5.96 Å². The quantitative estimate of drug-likeness (QED) is 0.282. The third-order valence-electron chi connectivity index (χ3n) is 5.44. The fraction of sp³-hybridized carbons (Fsp3) is 0.682. The van der Waals surface area contributed by atoms with Crippen LogP contribution in [-0.4, -0.2) is 63.4 Å². The van der Waals surface area contributed by atoms with E-state index < -0.39 is 0 Å². The lowest BCUT2D eigenvalue weighted by atomic mass is 10.1. The van der Waals surface area contributed by atoms with Crippen LogP contribution >= 0.6 is 24.0 Å². The van der Waals surface area contributed by atoms with Gasteiger partial charge in [-0.1, -0.05) is 19.1 Å². The molecule has 1 saturated heterocycles. The molecule has 0 aromatic heterocycles. The summed E-state index contributed by atoms with van der Waals surface area (Å²) >= 11 is 0. The van der Waals surface area contributed by atoms with Crippen molar-refractivity contribution >= 4 is 29.9 Å². The van der Waals surface area contributed by atoms with E-state index in [0.717, 1.165) is 56.2 Å². The van der Waals surface area contributed by atoms with Crippen molar-refractivity contribution in [1.82, 2.24) is 15.5 Å². The summed E-state index contributed by atoms with van der Waals surface area (Å²) in [6, 6.07) is 6.93. The van der Waals surface area contributed by atoms with E-state index in [1.165, 1.54) is 5.56 Å². The summed E-state index contributed by atoms with van der Waals surface area (Å²) in [7, 11) is 3.97. The van der Waals surface area contributed by atoms with Gasteiger partial charge in [-0.3, -0.25) is 4.99 Å². The Bertz CT molecular complexity index is 621. The standard InChI is InChI=1S/C22H38N4O2.HI/c1-6-18(3)26(5)12-11-24-22(23-4)25-15-19-10-9-17(2)14-21(19)28-16-20-8-7-13-27-20;/h9-10,14,18,20H,6-8,11-13,15-16H2,1-5H3,(H2,23,24,25);1H. The van der Waals surface area contributed by atoms with E-state index in [-0.39, 0.29) is 30.1 Å². The van der Waals surface area contributed by atoms with Crippen LogP contribution in [0.1, 0.15) is 44.2 Å². The first kappa shape index (κ1) is 26.0. The Morgan fingerprint density at radius 1 is 1.38 bits per heavy atom. The van der Waals surface area contributed by atoms with Crippen LogP contribution in [0.15, 0.2) is 23.2 Å². The molecule has 6 nitrogen and oxygen atoms in total. The highest BCUT2D eigenvalue weighted by Crippen LogP contribution is 2.22. The van der Waals surface area contributed by atoms with Gasteiger partial charge in [0, 0.05) is 44.9 Å². The molecule has 0 amide bonds. The van der Waals surface area contributed by atoms with Crippen molar-refractivity contribution in [2.45, 2.75) is 58.7 Å². The zero-order valence-corrected chi connectivity index (χ0v) is 21.0. The summed E-state index contributed by atoms with van der Waals surface area (Å²) in [4.78, 5) is 6.69. The smallest absolute Gasteiger partial charge is 0.191 e. The Morgan fingerprint density at radius 3 is 2.83 bits per heavy atom. The van der Waals surface area contributed by atoms with E-state index in [0.29, 0.717) is 19.2 Å². The number of halogens is 1. The molecule has 0 aliphatic carbocycles. The van der Waals surface area contributed by atoms with Crippen molar-refractivity contribution in [2.75, 3.05) is 40.4 Å². The molecule has 1 aromatic rings. The summed E-state index contributed by atoms with van der Waals surface area (Å²) in [6.45, 7) is 10.5. The van der Waals surface area contributed by atoms with Crippen LogP contribution in [0.3, 0.4) is 0 Å². The topological polar surface area (TPSA) is 58.1 Å². The summed E-state index contributed by atoms with van der Waals surface area (Å²) < 4.78 is 11.8. The molecule has 1 aliphatic heterocycles. The maximum Gasteiger partial charge on any atom is 0.191 e. The molecule has 1 aliphatic rings. The molecule has 0 saturated carbocycles. The van der Waals surface area contributed by atoms with E-state index in [1.807, 2.05) is 0 Å². The van der Waals surface area contributed by atoms with Crippen molar-refractivity contribution in [3.63, 3.8) is 0 Å². The Balaban J connectivity index is 0.00000420. The molecule has 29 heavy (non-hydrogen) atoms. The summed E-state index contributed by atoms with van der Waals surface area (Å²) in [6.07, 6.45) is 3.59. The van der Waals surface area contributed by atoms with Crippen molar-refractivity contribution in [2.24, 2.45) is 4.99 Å². The number of benzene rings is 1. The number of ether oxygens (including phenoxy) is 2. The summed E-state index contributed by atoms with van der Waals surface area (Å²) in [5, 5.41) is 6.79. The monoisotopic (exact) mass is 518 g/mol. The van der Waals surface area contributed by atoms with E-state index >= 15 is 0 Å². The Morgan fingerprint density at radius 2 is 2.17 bits per heavy atom. The van der Waals surface area contributed by atoms with Crippen LogP contribution in [0.4, 0.5) is 0 Å². The minimum absolute atomic E-state index is 0. The molecule has 0 bridgehead atoms. The van der Waals surface area contributed by atoms with Gasteiger partial charge in [-0.15, -0.1) is 24.0 Å². The molecule has 2 unspecified atom stereocenters. The van der Waals surface area contributed by atoms with Gasteiger partial charge in [0.05, 0.1) is 6.10 Å². The molecule has 2 rings (SSSR count). The lowest BCUT2D eigenvalue weighted by Crippen LogP contribution is -2.42. The zero-order chi connectivity index (χ0) is 20.4. The highest BCUT2D eigenvalue weighted by atomic mass is 127. The van der Waals surface area contributed by atoms with Gasteiger partial charge < -0.3 is 25.0 Å². The van der Waals surface area contributed by atoms with Gasteiger partial charge in [-0.25, -0.2) is 0 Å². The highest BCUT2D eigenvalue weighted by Gasteiger charge is 2.17. The van der Waals surface area contributed by atoms with Crippen LogP contribution in [0, 0.1) is 6.92 Å². The Labute approximate surface area is 193 Å². The Kier molecular flexibility index (Phi) is 12.6. The van der Waals surface area contributed by atoms with Gasteiger partial charge in [0.2, 0.25) is 0 Å². The molecule has 7 heteroatoms. The normalized spacial score (nSPS) is 17.7. The largest absolute Gasteiger partial charge is 0.491 e. The molecule has 1 fully saturated rings. The second kappa shape index (κ2) is 14.0. The molecule has 1 heterocycles. The van der Waals surface area contributed by atoms with Crippen LogP contribution in [-0.2, 0) is 11.3 Å². The number of likely N-dealkylation sites (N-methyl/N-ethyl adjacent to an activating group) is 1. The van der Waals surface area contributed by atoms with Crippen LogP contribution < -0.4 is 15.4 Å². The number of nitrogens with one attached hydrogen (secondary N) is 2. The van der Waals surface area contributed by atoms with Gasteiger partial charge in [-0.05, 0) is 51.8 Å². The number of aliphatic imine (C=N–C) groups is 1. The molecular weight excluding hydrogens is 479 g/mol. The average molecular weight is 518 g/mol. The molecule has 166 valence electrons. The van der Waals surface area contributed by atoms with Gasteiger partial charge in [-0.2, -0.15) is 0 Å². The third kappa shape index (κ3) is 9.09. The Hall–Kier alpha value is -1.06. The molecule has 2 atom stereocenters. The van der Waals surface area contributed by atoms with Crippen molar-refractivity contribution in [3.8, 4) is 5.75 Å². The van der Waals surface area contributed by atoms with Crippen molar-refractivity contribution in [1.29, 1.82) is 0 Å². The minimum Gasteiger partial charge on any atom is -0.491 e. The van der Waals surface area contributed by atoms with Crippen molar-refractivity contribution in [3.05, 3.63) is 29.3 Å². The third-order valence-corrected chi connectivity index (χ3v) is 5.44. The first-order valence-electron chi connectivity index (χ1n) is 10.5. The van der Waals surface area contributed by atoms with Crippen LogP contribution in [0.2, 0.25) is 0 Å². The van der Waals surface area contributed by atoms with Crippen LogP contribution in [0.5, 0.6) is 5.75 Å². The molecular formula is C22H39IN4O2. The van der Waals surface area contributed by atoms with Gasteiger partial charge in [0.1, 0.15) is 12.4 Å². The predicted molar refractivity (Wildman–Crippen MR) is 132 cm³/mol. The van der Waals surface area contributed by atoms with Crippen LogP contribution in [0.25, 0.3) is 0 Å². The maximum absolute atomic E-state index is 6.09. The lowest BCUT2D eigenvalue weighted by molar-refractivity contribution is 0.0676. The molecule has 2 N–H and O–H groups in total. The fourth-order valence-electron chi connectivity index (χ4n) is 3.18. The lowest BCUT2D eigenvalue weighted by Gasteiger charge is -2.24. The zero-order valence-electron chi connectivity index (χ0n) is 18.7. The van der Waals surface area contributed by atoms with E-state index in [2.05, 4.69) is 66.5 Å². The number of guanidine groups is 1. The second-order valence-corrected chi connectivity index (χ2v) is 7.65. The van der Waals surface area contributed by atoms with E-state index in [1.54, 1.807) is 7.05 Å². The molecule has 0 radical (unpaired) electrons. The summed E-state index contributed by atoms with van der Waals surface area (Å²) in [5.74, 6) is 1.73. The number of aryl methyl sites for hydroxylation is 1. The SMILES string of the molecule is CCC(C)N(C)CCNC(=NC)NCc1ccc(C)cc1OCC1CCCO1.I. The molecule has 0 spiro atoms. The average Bonchev–Trinajstić information content (AvgIpc) is 3.22. The number of rotatable bonds is 10. The fourth-order valence-corrected chi connectivity index (χ4v) is 3.18. The first-order valence-corrected chi connectivity index (χ1v) is 10.5. The summed E-state index contributed by atoms with van der Waals surface area (Å²) in [5.41, 5.74) is 2.32. The van der Waals surface area contributed by atoms with E-state index in [4.69, 9.17) is 9.47 Å². The molecule has 1 aromatic carbocycles. The number of hydrogen-bond acceptors (Lipinski definition) is 4. The number of hydrogen-bond donors (Lipinski definition) is 2. The highest BCUT2D eigenvalue weighted by molar-refractivity contribution is 14.0. The second-order valence-electron chi connectivity index (χ2n) is 7.65. The predicted octanol–water partition coefficient (Wildman–Crippen LogP) is 3.57. The number of nitrogens with zero attached hydrogens (tertiary/aromatic N) is 2. The van der Waals surface area contributed by atoms with Gasteiger partial charge >= 0.3 is 0 Å². The minimum atomic E-state index is 0. The van der Waals surface area contributed by atoms with Crippen molar-refractivity contribution < 1.29 is 9.47 Å². The van der Waals surface area contributed by atoms with Gasteiger partial charge in [0.25, 0.3) is 0 Å². The first-order chi connectivity index (χ1) is 13.5. The van der Waals surface area contributed by atoms with E-state index in [9.17, 15) is 0 Å². The maximum atomic E-state index is 6.09.